The number of rotatable bonds is 7. The summed E-state index contributed by atoms with van der Waals surface area (Å²) in [5, 5.41) is 3.43. The van der Waals surface area contributed by atoms with Crippen molar-refractivity contribution in [2.45, 2.75) is 40.5 Å². The highest BCUT2D eigenvalue weighted by molar-refractivity contribution is 9.10. The van der Waals surface area contributed by atoms with Crippen molar-refractivity contribution in [1.82, 2.24) is 5.32 Å². The van der Waals surface area contributed by atoms with Crippen LogP contribution in [-0.2, 0) is 6.42 Å². The molecule has 0 aliphatic carbocycles. The molecule has 19 heavy (non-hydrogen) atoms. The van der Waals surface area contributed by atoms with Crippen molar-refractivity contribution < 1.29 is 4.74 Å². The summed E-state index contributed by atoms with van der Waals surface area (Å²) in [6.07, 6.45) is 2.19. The van der Waals surface area contributed by atoms with Gasteiger partial charge < -0.3 is 10.1 Å². The van der Waals surface area contributed by atoms with Gasteiger partial charge in [0.1, 0.15) is 5.75 Å². The van der Waals surface area contributed by atoms with E-state index in [4.69, 9.17) is 4.74 Å². The Balaban J connectivity index is 2.74. The molecule has 3 heteroatoms. The maximum atomic E-state index is 5.49. The molecule has 0 saturated carbocycles. The van der Waals surface area contributed by atoms with Gasteiger partial charge in [-0.25, -0.2) is 0 Å². The molecule has 0 amide bonds. The zero-order valence-electron chi connectivity index (χ0n) is 12.8. The van der Waals surface area contributed by atoms with Gasteiger partial charge in [-0.3, -0.25) is 0 Å². The van der Waals surface area contributed by atoms with E-state index in [1.54, 1.807) is 7.11 Å². The predicted octanol–water partition coefficient (Wildman–Crippen LogP) is 4.33. The second-order valence-electron chi connectivity index (χ2n) is 5.86. The van der Waals surface area contributed by atoms with E-state index in [0.717, 1.165) is 36.2 Å². The average molecular weight is 328 g/mol. The highest BCUT2D eigenvalue weighted by atomic mass is 79.9. The van der Waals surface area contributed by atoms with Crippen molar-refractivity contribution in [3.8, 4) is 5.75 Å². The van der Waals surface area contributed by atoms with Crippen molar-refractivity contribution in [1.29, 1.82) is 0 Å². The topological polar surface area (TPSA) is 21.3 Å². The lowest BCUT2D eigenvalue weighted by molar-refractivity contribution is 0.315. The van der Waals surface area contributed by atoms with Crippen LogP contribution in [0.25, 0.3) is 0 Å². The molecule has 0 unspecified atom stereocenters. The van der Waals surface area contributed by atoms with Crippen LogP contribution in [0.15, 0.2) is 16.6 Å². The van der Waals surface area contributed by atoms with Crippen LogP contribution in [0.3, 0.4) is 0 Å². The molecule has 0 spiro atoms. The first-order chi connectivity index (χ1) is 8.89. The minimum atomic E-state index is 0.304. The Morgan fingerprint density at radius 3 is 2.58 bits per heavy atom. The zero-order valence-corrected chi connectivity index (χ0v) is 14.4. The van der Waals surface area contributed by atoms with Crippen LogP contribution in [0.5, 0.6) is 5.75 Å². The summed E-state index contributed by atoms with van der Waals surface area (Å²) in [7, 11) is 1.75. The fourth-order valence-electron chi connectivity index (χ4n) is 2.11. The standard InChI is InChI=1S/C16H26BrNO/c1-6-18-11-16(3,4)8-7-13-10-14(17)12(2)9-15(13)19-5/h9-10,18H,6-8,11H2,1-5H3. The van der Waals surface area contributed by atoms with Crippen molar-refractivity contribution in [3.05, 3.63) is 27.7 Å². The maximum Gasteiger partial charge on any atom is 0.122 e. The number of benzene rings is 1. The van der Waals surface area contributed by atoms with Gasteiger partial charge in [0.2, 0.25) is 0 Å². The second-order valence-corrected chi connectivity index (χ2v) is 6.71. The van der Waals surface area contributed by atoms with Crippen molar-refractivity contribution in [2.24, 2.45) is 5.41 Å². The lowest BCUT2D eigenvalue weighted by Gasteiger charge is -2.25. The Hall–Kier alpha value is -0.540. The molecule has 0 heterocycles. The van der Waals surface area contributed by atoms with E-state index in [0.29, 0.717) is 5.41 Å². The highest BCUT2D eigenvalue weighted by Crippen LogP contribution is 2.30. The predicted molar refractivity (Wildman–Crippen MR) is 86.1 cm³/mol. The minimum absolute atomic E-state index is 0.304. The molecule has 1 aromatic rings. The van der Waals surface area contributed by atoms with E-state index < -0.39 is 0 Å². The third-order valence-corrected chi connectivity index (χ3v) is 4.34. The van der Waals surface area contributed by atoms with Gasteiger partial charge in [0.15, 0.2) is 0 Å². The quantitative estimate of drug-likeness (QED) is 0.804. The first-order valence-corrected chi connectivity index (χ1v) is 7.72. The van der Waals surface area contributed by atoms with Crippen LogP contribution in [0, 0.1) is 12.3 Å². The zero-order chi connectivity index (χ0) is 14.5. The molecule has 0 saturated heterocycles. The van der Waals surface area contributed by atoms with Crippen molar-refractivity contribution in [2.75, 3.05) is 20.2 Å². The Morgan fingerprint density at radius 2 is 2.00 bits per heavy atom. The average Bonchev–Trinajstić information content (AvgIpc) is 2.37. The van der Waals surface area contributed by atoms with Gasteiger partial charge in [0, 0.05) is 11.0 Å². The number of methoxy groups -OCH3 is 1. The molecule has 2 nitrogen and oxygen atoms in total. The molecular formula is C16H26BrNO. The Kier molecular flexibility index (Phi) is 6.34. The van der Waals surface area contributed by atoms with E-state index in [9.17, 15) is 0 Å². The summed E-state index contributed by atoms with van der Waals surface area (Å²) in [6, 6.07) is 4.30. The summed E-state index contributed by atoms with van der Waals surface area (Å²) < 4.78 is 6.65. The number of hydrogen-bond acceptors (Lipinski definition) is 2. The van der Waals surface area contributed by atoms with Gasteiger partial charge in [-0.2, -0.15) is 0 Å². The summed E-state index contributed by atoms with van der Waals surface area (Å²) >= 11 is 3.60. The lowest BCUT2D eigenvalue weighted by Crippen LogP contribution is -2.29. The van der Waals surface area contributed by atoms with Crippen LogP contribution in [0.2, 0.25) is 0 Å². The second kappa shape index (κ2) is 7.30. The Bertz CT molecular complexity index is 415. The van der Waals surface area contributed by atoms with E-state index >= 15 is 0 Å². The van der Waals surface area contributed by atoms with Crippen LogP contribution >= 0.6 is 15.9 Å². The third kappa shape index (κ3) is 5.15. The van der Waals surface area contributed by atoms with Gasteiger partial charge in [-0.15, -0.1) is 0 Å². The van der Waals surface area contributed by atoms with Gasteiger partial charge >= 0.3 is 0 Å². The molecule has 0 bridgehead atoms. The van der Waals surface area contributed by atoms with E-state index in [2.05, 4.69) is 61.1 Å². The highest BCUT2D eigenvalue weighted by Gasteiger charge is 2.18. The molecule has 1 N–H and O–H groups in total. The van der Waals surface area contributed by atoms with Gasteiger partial charge in [0.25, 0.3) is 0 Å². The SMILES string of the molecule is CCNCC(C)(C)CCc1cc(Br)c(C)cc1OC. The first-order valence-electron chi connectivity index (χ1n) is 6.93. The van der Waals surface area contributed by atoms with Crippen molar-refractivity contribution in [3.63, 3.8) is 0 Å². The van der Waals surface area contributed by atoms with E-state index in [1.165, 1.54) is 11.1 Å². The lowest BCUT2D eigenvalue weighted by atomic mass is 9.86. The molecular weight excluding hydrogens is 302 g/mol. The number of hydrogen-bond donors (Lipinski definition) is 1. The molecule has 0 radical (unpaired) electrons. The summed E-state index contributed by atoms with van der Waals surface area (Å²) in [4.78, 5) is 0. The largest absolute Gasteiger partial charge is 0.496 e. The fourth-order valence-corrected chi connectivity index (χ4v) is 2.50. The number of ether oxygens (including phenoxy) is 1. The summed E-state index contributed by atoms with van der Waals surface area (Å²) in [6.45, 7) is 10.9. The molecule has 1 aromatic carbocycles. The molecule has 1 rings (SSSR count). The van der Waals surface area contributed by atoms with Crippen LogP contribution in [0.1, 0.15) is 38.3 Å². The first kappa shape index (κ1) is 16.5. The molecule has 0 aromatic heterocycles. The Labute approximate surface area is 126 Å². The van der Waals surface area contributed by atoms with Crippen LogP contribution in [-0.4, -0.2) is 20.2 Å². The monoisotopic (exact) mass is 327 g/mol. The number of nitrogens with one attached hydrogen (secondary N) is 1. The normalized spacial score (nSPS) is 11.7. The molecule has 0 aliphatic rings. The Morgan fingerprint density at radius 1 is 1.32 bits per heavy atom. The van der Waals surface area contributed by atoms with Crippen LogP contribution < -0.4 is 10.1 Å². The summed E-state index contributed by atoms with van der Waals surface area (Å²) in [5.41, 5.74) is 2.80. The van der Waals surface area contributed by atoms with Gasteiger partial charge in [0.05, 0.1) is 7.11 Å². The van der Waals surface area contributed by atoms with Crippen LogP contribution in [0.4, 0.5) is 0 Å². The number of halogens is 1. The molecule has 0 fully saturated rings. The van der Waals surface area contributed by atoms with E-state index in [-0.39, 0.29) is 0 Å². The third-order valence-electron chi connectivity index (χ3n) is 3.49. The fraction of sp³-hybridized carbons (Fsp3) is 0.625. The smallest absolute Gasteiger partial charge is 0.122 e. The summed E-state index contributed by atoms with van der Waals surface area (Å²) in [5.74, 6) is 1.000. The number of aryl methyl sites for hydroxylation is 2. The van der Waals surface area contributed by atoms with Crippen molar-refractivity contribution >= 4 is 15.9 Å². The van der Waals surface area contributed by atoms with Gasteiger partial charge in [-0.1, -0.05) is 36.7 Å². The molecule has 0 aliphatic heterocycles. The molecule has 0 atom stereocenters. The molecule has 108 valence electrons. The van der Waals surface area contributed by atoms with E-state index in [1.807, 2.05) is 0 Å². The minimum Gasteiger partial charge on any atom is -0.496 e. The van der Waals surface area contributed by atoms with Gasteiger partial charge in [-0.05, 0) is 55.0 Å². The maximum absolute atomic E-state index is 5.49.